The number of likely N-dealkylation sites (tertiary alicyclic amines) is 1. The number of nitrogens with zero attached hydrogens (tertiary/aromatic N) is 2. The highest BCUT2D eigenvalue weighted by Crippen LogP contribution is 2.21. The van der Waals surface area contributed by atoms with Crippen LogP contribution < -0.4 is 0 Å². The molecule has 4 nitrogen and oxygen atoms in total. The van der Waals surface area contributed by atoms with Crippen LogP contribution in [0.15, 0.2) is 54.7 Å². The largest absolute Gasteiger partial charge is 0.361 e. The average molecular weight is 408 g/mol. The van der Waals surface area contributed by atoms with E-state index in [1.165, 1.54) is 6.07 Å². The summed E-state index contributed by atoms with van der Waals surface area (Å²) in [6.45, 7) is 6.56. The van der Waals surface area contributed by atoms with Gasteiger partial charge in [-0.3, -0.25) is 4.79 Å². The molecule has 158 valence electrons. The molecule has 1 aromatic heterocycles. The summed E-state index contributed by atoms with van der Waals surface area (Å²) >= 11 is 0. The first kappa shape index (κ1) is 20.6. The van der Waals surface area contributed by atoms with Gasteiger partial charge < -0.3 is 14.8 Å². The van der Waals surface area contributed by atoms with Gasteiger partial charge in [0.15, 0.2) is 0 Å². The molecule has 0 radical (unpaired) electrons. The Labute approximate surface area is 177 Å². The summed E-state index contributed by atoms with van der Waals surface area (Å²) in [5, 5.41) is 1.07. The monoisotopic (exact) mass is 407 g/mol. The van der Waals surface area contributed by atoms with E-state index in [0.717, 1.165) is 67.5 Å². The smallest absolute Gasteiger partial charge is 0.253 e. The summed E-state index contributed by atoms with van der Waals surface area (Å²) in [5.41, 5.74) is 2.85. The molecule has 5 heteroatoms. The molecule has 0 spiro atoms. The van der Waals surface area contributed by atoms with Crippen LogP contribution >= 0.6 is 0 Å². The molecular weight excluding hydrogens is 377 g/mol. The maximum atomic E-state index is 13.4. The first-order valence-corrected chi connectivity index (χ1v) is 11.0. The first-order chi connectivity index (χ1) is 14.6. The van der Waals surface area contributed by atoms with Gasteiger partial charge in [0.05, 0.1) is 0 Å². The number of fused-ring (bicyclic) bond motifs is 1. The van der Waals surface area contributed by atoms with E-state index in [4.69, 9.17) is 0 Å². The van der Waals surface area contributed by atoms with E-state index in [0.29, 0.717) is 12.5 Å². The molecule has 2 aromatic carbocycles. The van der Waals surface area contributed by atoms with Crippen molar-refractivity contribution in [2.75, 3.05) is 32.7 Å². The van der Waals surface area contributed by atoms with Crippen molar-refractivity contribution in [3.63, 3.8) is 0 Å². The summed E-state index contributed by atoms with van der Waals surface area (Å²) in [5.74, 6) is 0.419. The fraction of sp³-hybridized carbons (Fsp3) is 0.400. The topological polar surface area (TPSA) is 39.3 Å². The van der Waals surface area contributed by atoms with Crippen LogP contribution in [0, 0.1) is 11.7 Å². The Morgan fingerprint density at radius 2 is 2.13 bits per heavy atom. The van der Waals surface area contributed by atoms with Crippen molar-refractivity contribution in [1.29, 1.82) is 0 Å². The van der Waals surface area contributed by atoms with Gasteiger partial charge in [0.25, 0.3) is 5.91 Å². The lowest BCUT2D eigenvalue weighted by atomic mass is 9.96. The average Bonchev–Trinajstić information content (AvgIpc) is 3.24. The molecule has 4 rings (SSSR count). The van der Waals surface area contributed by atoms with Gasteiger partial charge in [0, 0.05) is 48.8 Å². The van der Waals surface area contributed by atoms with Gasteiger partial charge in [-0.25, -0.2) is 4.39 Å². The molecule has 1 N–H and O–H groups in total. The molecule has 1 fully saturated rings. The van der Waals surface area contributed by atoms with Crippen molar-refractivity contribution in [2.24, 2.45) is 5.92 Å². The predicted octanol–water partition coefficient (Wildman–Crippen LogP) is 4.72. The quantitative estimate of drug-likeness (QED) is 0.615. The first-order valence-electron chi connectivity index (χ1n) is 11.0. The number of benzene rings is 2. The number of carbonyl (C=O) groups excluding carboxylic acids is 1. The molecule has 0 aliphatic carbocycles. The molecule has 0 bridgehead atoms. The standard InChI is InChI=1S/C25H30FN3O/c1-2-29(25(30)22-8-9-24-21(16-22)10-12-27-24)18-20-6-4-13-28(17-20)14-11-19-5-3-7-23(26)15-19/h3,5,7-10,12,15-16,20,27H,2,4,6,11,13-14,17-18H2,1H3/t20-/m0/s1. The molecule has 1 saturated heterocycles. The number of halogens is 1. The highest BCUT2D eigenvalue weighted by molar-refractivity contribution is 5.98. The van der Waals surface area contributed by atoms with E-state index in [1.54, 1.807) is 12.1 Å². The van der Waals surface area contributed by atoms with E-state index < -0.39 is 0 Å². The summed E-state index contributed by atoms with van der Waals surface area (Å²) in [6.07, 6.45) is 5.06. The number of aromatic amines is 1. The summed E-state index contributed by atoms with van der Waals surface area (Å²) in [4.78, 5) is 20.7. The SMILES string of the molecule is CCN(C[C@H]1CCCN(CCc2cccc(F)c2)C1)C(=O)c1ccc2[nH]ccc2c1. The van der Waals surface area contributed by atoms with Crippen molar-refractivity contribution >= 4 is 16.8 Å². The highest BCUT2D eigenvalue weighted by Gasteiger charge is 2.24. The second-order valence-corrected chi connectivity index (χ2v) is 8.31. The second kappa shape index (κ2) is 9.43. The summed E-state index contributed by atoms with van der Waals surface area (Å²) in [6, 6.07) is 14.7. The molecule has 30 heavy (non-hydrogen) atoms. The third-order valence-corrected chi connectivity index (χ3v) is 6.16. The third kappa shape index (κ3) is 4.90. The summed E-state index contributed by atoms with van der Waals surface area (Å²) < 4.78 is 13.4. The van der Waals surface area contributed by atoms with Gasteiger partial charge in [0.1, 0.15) is 5.82 Å². The fourth-order valence-corrected chi connectivity index (χ4v) is 4.52. The van der Waals surface area contributed by atoms with Crippen LogP contribution in [0.5, 0.6) is 0 Å². The minimum Gasteiger partial charge on any atom is -0.361 e. The third-order valence-electron chi connectivity index (χ3n) is 6.16. The predicted molar refractivity (Wildman–Crippen MR) is 119 cm³/mol. The Bertz CT molecular complexity index is 999. The number of amides is 1. The lowest BCUT2D eigenvalue weighted by Gasteiger charge is -2.35. The molecule has 1 amide bonds. The number of aromatic nitrogens is 1. The number of piperidine rings is 1. The van der Waals surface area contributed by atoms with Gasteiger partial charge in [-0.2, -0.15) is 0 Å². The van der Waals surface area contributed by atoms with Crippen molar-refractivity contribution in [1.82, 2.24) is 14.8 Å². The minimum atomic E-state index is -0.168. The van der Waals surface area contributed by atoms with E-state index in [-0.39, 0.29) is 11.7 Å². The molecule has 0 saturated carbocycles. The fourth-order valence-electron chi connectivity index (χ4n) is 4.52. The van der Waals surface area contributed by atoms with Crippen molar-refractivity contribution in [3.05, 3.63) is 71.7 Å². The van der Waals surface area contributed by atoms with Crippen LogP contribution in [-0.4, -0.2) is 53.4 Å². The van der Waals surface area contributed by atoms with E-state index in [2.05, 4.69) is 16.8 Å². The van der Waals surface area contributed by atoms with Crippen LogP contribution in [-0.2, 0) is 6.42 Å². The van der Waals surface area contributed by atoms with Crippen LogP contribution in [0.25, 0.3) is 10.9 Å². The van der Waals surface area contributed by atoms with E-state index >= 15 is 0 Å². The molecular formula is C25H30FN3O. The van der Waals surface area contributed by atoms with Crippen molar-refractivity contribution in [3.8, 4) is 0 Å². The van der Waals surface area contributed by atoms with Crippen molar-refractivity contribution in [2.45, 2.75) is 26.2 Å². The molecule has 0 unspecified atom stereocenters. The van der Waals surface area contributed by atoms with Gasteiger partial charge in [-0.05, 0) is 80.6 Å². The maximum absolute atomic E-state index is 13.4. The maximum Gasteiger partial charge on any atom is 0.253 e. The van der Waals surface area contributed by atoms with Crippen LogP contribution in [0.4, 0.5) is 4.39 Å². The number of carbonyl (C=O) groups is 1. The highest BCUT2D eigenvalue weighted by atomic mass is 19.1. The lowest BCUT2D eigenvalue weighted by molar-refractivity contribution is 0.0691. The number of nitrogens with one attached hydrogen (secondary N) is 1. The zero-order valence-electron chi connectivity index (χ0n) is 17.6. The molecule has 1 aliphatic heterocycles. The Balaban J connectivity index is 1.34. The van der Waals surface area contributed by atoms with Crippen LogP contribution in [0.1, 0.15) is 35.7 Å². The van der Waals surface area contributed by atoms with Crippen LogP contribution in [0.3, 0.4) is 0 Å². The normalized spacial score (nSPS) is 17.3. The van der Waals surface area contributed by atoms with E-state index in [9.17, 15) is 9.18 Å². The van der Waals surface area contributed by atoms with Gasteiger partial charge in [-0.15, -0.1) is 0 Å². The number of H-pyrrole nitrogens is 1. The summed E-state index contributed by atoms with van der Waals surface area (Å²) in [7, 11) is 0. The second-order valence-electron chi connectivity index (χ2n) is 8.31. The lowest BCUT2D eigenvalue weighted by Crippen LogP contribution is -2.43. The van der Waals surface area contributed by atoms with Gasteiger partial charge in [-0.1, -0.05) is 12.1 Å². The van der Waals surface area contributed by atoms with Crippen LogP contribution in [0.2, 0.25) is 0 Å². The minimum absolute atomic E-state index is 0.109. The van der Waals surface area contributed by atoms with Gasteiger partial charge in [0.2, 0.25) is 0 Å². The molecule has 1 aliphatic rings. The number of hydrogen-bond donors (Lipinski definition) is 1. The van der Waals surface area contributed by atoms with E-state index in [1.807, 2.05) is 41.4 Å². The van der Waals surface area contributed by atoms with Crippen molar-refractivity contribution < 1.29 is 9.18 Å². The molecule has 2 heterocycles. The zero-order valence-corrected chi connectivity index (χ0v) is 17.6. The number of hydrogen-bond acceptors (Lipinski definition) is 2. The van der Waals surface area contributed by atoms with Gasteiger partial charge >= 0.3 is 0 Å². The molecule has 3 aromatic rings. The zero-order chi connectivity index (χ0) is 20.9. The Hall–Kier alpha value is -2.66. The molecule has 1 atom stereocenters. The Morgan fingerprint density at radius 1 is 1.23 bits per heavy atom. The Kier molecular flexibility index (Phi) is 6.48. The number of rotatable bonds is 7. The Morgan fingerprint density at radius 3 is 2.97 bits per heavy atom.